The number of benzene rings is 1. The number of unbranched alkanes of at least 4 members (excludes halogenated alkanes) is 1. The number of hydrogen-bond acceptors (Lipinski definition) is 7. The number of carbonyl (C=O) groups is 1. The van der Waals surface area contributed by atoms with Crippen LogP contribution in [0.1, 0.15) is 49.4 Å². The minimum Gasteiger partial charge on any atom is -0.480 e. The SMILES string of the molecule is C=C(/C=C(\N=C/C)c1ccccc1)N[C@@H](CCN(CCCCc1ccc2c(n1)NCCC2)CCOCC(F)(F)F)C(=O)O. The van der Waals surface area contributed by atoms with Gasteiger partial charge in [-0.2, -0.15) is 13.2 Å². The first kappa shape index (κ1) is 33.8. The van der Waals surface area contributed by atoms with Crippen molar-refractivity contribution < 1.29 is 27.8 Å². The van der Waals surface area contributed by atoms with Gasteiger partial charge in [0.2, 0.25) is 0 Å². The monoisotopic (exact) mass is 601 g/mol. The standard InChI is InChI=1S/C32H42F3N5O3/c1-3-36-29(25-10-5-4-6-11-25)22-24(2)38-28(31(41)42)16-19-40(20-21-43-23-32(33,34)35)18-8-7-13-27-15-14-26-12-9-17-37-30(26)39-27/h3-6,10-11,14-15,22,28,38H,2,7-9,12-13,16-21,23H2,1H3,(H,37,39)(H,41,42)/b29-22-,36-3-/t28-/m0/s1. The van der Waals surface area contributed by atoms with E-state index in [-0.39, 0.29) is 19.6 Å². The topological polar surface area (TPSA) is 99.1 Å². The molecule has 1 aliphatic heterocycles. The predicted octanol–water partition coefficient (Wildman–Crippen LogP) is 5.72. The van der Waals surface area contributed by atoms with Gasteiger partial charge in [-0.25, -0.2) is 9.78 Å². The number of nitrogens with zero attached hydrogens (tertiary/aromatic N) is 3. The van der Waals surface area contributed by atoms with Gasteiger partial charge in [0.25, 0.3) is 0 Å². The molecule has 3 rings (SSSR count). The number of halogens is 3. The molecule has 1 atom stereocenters. The lowest BCUT2D eigenvalue weighted by molar-refractivity contribution is -0.174. The summed E-state index contributed by atoms with van der Waals surface area (Å²) >= 11 is 0. The molecule has 8 nitrogen and oxygen atoms in total. The van der Waals surface area contributed by atoms with Crippen molar-refractivity contribution in [1.82, 2.24) is 15.2 Å². The number of anilines is 1. The molecule has 1 aliphatic rings. The quantitative estimate of drug-likeness (QED) is 0.114. The number of aromatic nitrogens is 1. The maximum absolute atomic E-state index is 12.6. The van der Waals surface area contributed by atoms with Crippen LogP contribution in [0.3, 0.4) is 0 Å². The number of aliphatic imine (C=N–C) groups is 1. The number of fused-ring (bicyclic) bond motifs is 1. The summed E-state index contributed by atoms with van der Waals surface area (Å²) in [5.41, 5.74) is 4.12. The summed E-state index contributed by atoms with van der Waals surface area (Å²) in [4.78, 5) is 23.1. The van der Waals surface area contributed by atoms with Gasteiger partial charge in [-0.3, -0.25) is 4.99 Å². The smallest absolute Gasteiger partial charge is 0.411 e. The van der Waals surface area contributed by atoms with E-state index in [2.05, 4.69) is 28.3 Å². The van der Waals surface area contributed by atoms with Gasteiger partial charge in [-0.15, -0.1) is 0 Å². The number of carboxylic acid groups (broad SMARTS) is 1. The summed E-state index contributed by atoms with van der Waals surface area (Å²) in [6.07, 6.45) is 3.69. The van der Waals surface area contributed by atoms with E-state index in [4.69, 9.17) is 9.72 Å². The van der Waals surface area contributed by atoms with Crippen molar-refractivity contribution in [2.45, 2.75) is 57.7 Å². The fourth-order valence-electron chi connectivity index (χ4n) is 4.81. The molecule has 0 amide bonds. The van der Waals surface area contributed by atoms with Crippen LogP contribution in [-0.4, -0.2) is 78.8 Å². The third kappa shape index (κ3) is 12.6. The highest BCUT2D eigenvalue weighted by Gasteiger charge is 2.27. The Hall–Kier alpha value is -3.70. The second-order valence-corrected chi connectivity index (χ2v) is 10.4. The van der Waals surface area contributed by atoms with Crippen LogP contribution in [0.15, 0.2) is 65.8 Å². The lowest BCUT2D eigenvalue weighted by atomic mass is 10.1. The Morgan fingerprint density at radius 3 is 2.72 bits per heavy atom. The highest BCUT2D eigenvalue weighted by atomic mass is 19.4. The molecular formula is C32H42F3N5O3. The number of allylic oxidation sites excluding steroid dienone is 1. The molecule has 0 bridgehead atoms. The molecule has 43 heavy (non-hydrogen) atoms. The molecule has 2 heterocycles. The largest absolute Gasteiger partial charge is 0.480 e. The van der Waals surface area contributed by atoms with Crippen molar-refractivity contribution in [3.63, 3.8) is 0 Å². The van der Waals surface area contributed by atoms with Crippen LogP contribution in [0.2, 0.25) is 0 Å². The van der Waals surface area contributed by atoms with Crippen LogP contribution in [0, 0.1) is 0 Å². The third-order valence-corrected chi connectivity index (χ3v) is 6.97. The summed E-state index contributed by atoms with van der Waals surface area (Å²) in [5, 5.41) is 16.2. The number of aryl methyl sites for hydroxylation is 2. The predicted molar refractivity (Wildman–Crippen MR) is 164 cm³/mol. The fourth-order valence-corrected chi connectivity index (χ4v) is 4.81. The number of ether oxygens (including phenoxy) is 1. The first-order chi connectivity index (χ1) is 20.6. The van der Waals surface area contributed by atoms with Crippen LogP contribution in [0.5, 0.6) is 0 Å². The van der Waals surface area contributed by atoms with Crippen molar-refractivity contribution in [3.05, 3.63) is 77.6 Å². The van der Waals surface area contributed by atoms with E-state index in [1.165, 1.54) is 5.56 Å². The number of pyridine rings is 1. The number of rotatable bonds is 18. The van der Waals surface area contributed by atoms with Gasteiger partial charge >= 0.3 is 12.1 Å². The molecule has 3 N–H and O–H groups in total. The van der Waals surface area contributed by atoms with Crippen molar-refractivity contribution in [3.8, 4) is 0 Å². The second kappa shape index (κ2) is 17.4. The zero-order chi connectivity index (χ0) is 31.1. The van der Waals surface area contributed by atoms with E-state index < -0.39 is 24.8 Å². The molecular weight excluding hydrogens is 559 g/mol. The number of carboxylic acids is 1. The van der Waals surface area contributed by atoms with Crippen LogP contribution >= 0.6 is 0 Å². The molecule has 234 valence electrons. The van der Waals surface area contributed by atoms with E-state index in [1.807, 2.05) is 41.3 Å². The van der Waals surface area contributed by atoms with Gasteiger partial charge in [0.15, 0.2) is 0 Å². The van der Waals surface area contributed by atoms with E-state index >= 15 is 0 Å². The van der Waals surface area contributed by atoms with Gasteiger partial charge in [0, 0.05) is 42.8 Å². The Morgan fingerprint density at radius 1 is 1.21 bits per heavy atom. The Bertz CT molecular complexity index is 1230. The summed E-state index contributed by atoms with van der Waals surface area (Å²) in [7, 11) is 0. The lowest BCUT2D eigenvalue weighted by Crippen LogP contribution is -2.40. The van der Waals surface area contributed by atoms with Gasteiger partial charge in [0.1, 0.15) is 18.5 Å². The van der Waals surface area contributed by atoms with Crippen LogP contribution in [0.4, 0.5) is 19.0 Å². The van der Waals surface area contributed by atoms with Crippen molar-refractivity contribution in [2.24, 2.45) is 4.99 Å². The molecule has 1 aromatic carbocycles. The molecule has 0 saturated carbocycles. The minimum absolute atomic E-state index is 0.104. The maximum atomic E-state index is 12.6. The van der Waals surface area contributed by atoms with Crippen molar-refractivity contribution in [2.75, 3.05) is 44.7 Å². The van der Waals surface area contributed by atoms with Gasteiger partial charge in [-0.05, 0) is 69.7 Å². The highest BCUT2D eigenvalue weighted by molar-refractivity contribution is 5.76. The Labute approximate surface area is 251 Å². The number of alkyl halides is 3. The van der Waals surface area contributed by atoms with Gasteiger partial charge in [-0.1, -0.05) is 43.0 Å². The first-order valence-electron chi connectivity index (χ1n) is 14.7. The molecule has 0 spiro atoms. The molecule has 0 unspecified atom stereocenters. The van der Waals surface area contributed by atoms with E-state index in [0.29, 0.717) is 24.5 Å². The van der Waals surface area contributed by atoms with Gasteiger partial charge < -0.3 is 25.4 Å². The first-order valence-corrected chi connectivity index (χ1v) is 14.7. The van der Waals surface area contributed by atoms with Crippen LogP contribution in [-0.2, 0) is 22.4 Å². The van der Waals surface area contributed by atoms with Gasteiger partial charge in [0.05, 0.1) is 12.3 Å². The summed E-state index contributed by atoms with van der Waals surface area (Å²) in [6.45, 7) is 6.48. The molecule has 11 heteroatoms. The van der Waals surface area contributed by atoms with Crippen LogP contribution in [0.25, 0.3) is 5.70 Å². The second-order valence-electron chi connectivity index (χ2n) is 10.4. The molecule has 0 fully saturated rings. The minimum atomic E-state index is -4.39. The number of nitrogens with one attached hydrogen (secondary N) is 2. The number of hydrogen-bond donors (Lipinski definition) is 3. The number of aliphatic carboxylic acids is 1. The zero-order valence-corrected chi connectivity index (χ0v) is 24.7. The maximum Gasteiger partial charge on any atom is 0.411 e. The van der Waals surface area contributed by atoms with Crippen molar-refractivity contribution >= 4 is 23.7 Å². The Morgan fingerprint density at radius 2 is 2.00 bits per heavy atom. The van der Waals surface area contributed by atoms with E-state index in [0.717, 1.165) is 55.7 Å². The highest BCUT2D eigenvalue weighted by Crippen LogP contribution is 2.21. The van der Waals surface area contributed by atoms with Crippen molar-refractivity contribution in [1.29, 1.82) is 0 Å². The molecule has 2 aromatic rings. The average molecular weight is 602 g/mol. The van der Waals surface area contributed by atoms with Crippen LogP contribution < -0.4 is 10.6 Å². The average Bonchev–Trinajstić information content (AvgIpc) is 2.98. The summed E-state index contributed by atoms with van der Waals surface area (Å²) < 4.78 is 42.5. The fraction of sp³-hybridized carbons (Fsp3) is 0.469. The Kier molecular flexibility index (Phi) is 13.7. The van der Waals surface area contributed by atoms with E-state index in [9.17, 15) is 23.1 Å². The molecule has 0 saturated heterocycles. The Balaban J connectivity index is 1.56. The normalized spacial score (nSPS) is 14.4. The molecule has 1 aromatic heterocycles. The third-order valence-electron chi connectivity index (χ3n) is 6.97. The molecule has 0 radical (unpaired) electrons. The summed E-state index contributed by atoms with van der Waals surface area (Å²) in [6, 6.07) is 12.7. The lowest BCUT2D eigenvalue weighted by Gasteiger charge is -2.25. The zero-order valence-electron chi connectivity index (χ0n) is 24.7. The molecule has 0 aliphatic carbocycles. The van der Waals surface area contributed by atoms with E-state index in [1.54, 1.807) is 19.2 Å². The summed E-state index contributed by atoms with van der Waals surface area (Å²) in [5.74, 6) is -0.0941.